The summed E-state index contributed by atoms with van der Waals surface area (Å²) in [6.45, 7) is 8.53. The van der Waals surface area contributed by atoms with E-state index >= 15 is 0 Å². The number of aliphatic hydroxyl groups is 2. The van der Waals surface area contributed by atoms with Gasteiger partial charge in [0.05, 0.1) is 50.8 Å². The predicted octanol–water partition coefficient (Wildman–Crippen LogP) is 0.575. The summed E-state index contributed by atoms with van der Waals surface area (Å²) in [5, 5.41) is 17.8. The highest BCUT2D eigenvalue weighted by Crippen LogP contribution is 2.00. The number of aliphatic hydroxyl groups excluding tert-OH is 2. The lowest BCUT2D eigenvalue weighted by molar-refractivity contribution is -0.0825. The summed E-state index contributed by atoms with van der Waals surface area (Å²) in [5.41, 5.74) is 0. The largest absolute Gasteiger partial charge is 0.394 e. The van der Waals surface area contributed by atoms with E-state index in [1.54, 1.807) is 13.8 Å². The van der Waals surface area contributed by atoms with Crippen LogP contribution in [0.3, 0.4) is 0 Å². The molecule has 0 saturated carbocycles. The van der Waals surface area contributed by atoms with Crippen LogP contribution in [0, 0.1) is 0 Å². The third-order valence-electron chi connectivity index (χ3n) is 2.11. The van der Waals surface area contributed by atoms with E-state index in [0.29, 0.717) is 19.8 Å². The van der Waals surface area contributed by atoms with Crippen LogP contribution < -0.4 is 0 Å². The third-order valence-corrected chi connectivity index (χ3v) is 2.11. The first kappa shape index (κ1) is 16.8. The van der Waals surface area contributed by atoms with Gasteiger partial charge in [0.1, 0.15) is 0 Å². The van der Waals surface area contributed by atoms with Crippen molar-refractivity contribution >= 4 is 0 Å². The Hall–Kier alpha value is -0.200. The van der Waals surface area contributed by atoms with Crippen LogP contribution in [0.15, 0.2) is 0 Å². The summed E-state index contributed by atoms with van der Waals surface area (Å²) >= 11 is 0. The van der Waals surface area contributed by atoms with Gasteiger partial charge in [-0.05, 0) is 27.7 Å². The van der Waals surface area contributed by atoms with Crippen LogP contribution in [0.2, 0.25) is 0 Å². The maximum absolute atomic E-state index is 9.04. The summed E-state index contributed by atoms with van der Waals surface area (Å²) < 4.78 is 16.2. The molecule has 104 valence electrons. The minimum atomic E-state index is -0.455. The topological polar surface area (TPSA) is 68.2 Å². The van der Waals surface area contributed by atoms with Crippen molar-refractivity contribution in [3.8, 4) is 0 Å². The number of hydrogen-bond donors (Lipinski definition) is 2. The molecule has 0 amide bonds. The van der Waals surface area contributed by atoms with Gasteiger partial charge in [0.2, 0.25) is 0 Å². The highest BCUT2D eigenvalue weighted by molar-refractivity contribution is 4.55. The van der Waals surface area contributed by atoms with Crippen LogP contribution in [0.4, 0.5) is 0 Å². The Bertz CT molecular complexity index is 174. The summed E-state index contributed by atoms with van der Waals surface area (Å²) in [5.74, 6) is 0. The Morgan fingerprint density at radius 1 is 0.765 bits per heavy atom. The average molecular weight is 250 g/mol. The van der Waals surface area contributed by atoms with Crippen molar-refractivity contribution in [1.82, 2.24) is 0 Å². The van der Waals surface area contributed by atoms with Crippen molar-refractivity contribution in [2.75, 3.05) is 26.4 Å². The van der Waals surface area contributed by atoms with E-state index in [4.69, 9.17) is 24.4 Å². The molecule has 0 rings (SSSR count). The monoisotopic (exact) mass is 250 g/mol. The zero-order valence-corrected chi connectivity index (χ0v) is 11.3. The van der Waals surface area contributed by atoms with E-state index in [1.165, 1.54) is 0 Å². The molecule has 0 heterocycles. The SMILES string of the molecule is C[C@H](O)CO[C@@H](C)CO[C@H](C)CO[C@@H](C)CO. The molecule has 2 N–H and O–H groups in total. The molecular weight excluding hydrogens is 224 g/mol. The first-order valence-corrected chi connectivity index (χ1v) is 6.09. The molecule has 0 aliphatic carbocycles. The van der Waals surface area contributed by atoms with Crippen molar-refractivity contribution in [3.05, 3.63) is 0 Å². The average Bonchev–Trinajstić information content (AvgIpc) is 2.30. The van der Waals surface area contributed by atoms with Gasteiger partial charge in [-0.25, -0.2) is 0 Å². The second kappa shape index (κ2) is 9.79. The van der Waals surface area contributed by atoms with Crippen molar-refractivity contribution in [2.45, 2.75) is 52.1 Å². The van der Waals surface area contributed by atoms with Crippen LogP contribution >= 0.6 is 0 Å². The highest BCUT2D eigenvalue weighted by Gasteiger charge is 2.09. The van der Waals surface area contributed by atoms with Crippen LogP contribution in [-0.2, 0) is 14.2 Å². The van der Waals surface area contributed by atoms with Crippen molar-refractivity contribution in [2.24, 2.45) is 0 Å². The minimum Gasteiger partial charge on any atom is -0.394 e. The molecule has 0 radical (unpaired) electrons. The highest BCUT2D eigenvalue weighted by atomic mass is 16.6. The fourth-order valence-electron chi connectivity index (χ4n) is 1.05. The summed E-state index contributed by atoms with van der Waals surface area (Å²) in [6.07, 6.45) is -0.711. The van der Waals surface area contributed by atoms with Crippen molar-refractivity contribution in [3.63, 3.8) is 0 Å². The number of hydrogen-bond acceptors (Lipinski definition) is 5. The second-order valence-corrected chi connectivity index (χ2v) is 4.46. The van der Waals surface area contributed by atoms with Gasteiger partial charge in [0.25, 0.3) is 0 Å². The minimum absolute atomic E-state index is 0.0145. The van der Waals surface area contributed by atoms with Crippen LogP contribution in [-0.4, -0.2) is 61.1 Å². The Balaban J connectivity index is 3.51. The second-order valence-electron chi connectivity index (χ2n) is 4.46. The van der Waals surface area contributed by atoms with Gasteiger partial charge >= 0.3 is 0 Å². The molecular formula is C12H26O5. The molecule has 0 aliphatic rings. The smallest absolute Gasteiger partial charge is 0.0781 e. The zero-order valence-electron chi connectivity index (χ0n) is 11.3. The molecule has 0 aliphatic heterocycles. The maximum atomic E-state index is 9.04. The predicted molar refractivity (Wildman–Crippen MR) is 65.0 cm³/mol. The summed E-state index contributed by atoms with van der Waals surface area (Å²) in [7, 11) is 0. The maximum Gasteiger partial charge on any atom is 0.0781 e. The fraction of sp³-hybridized carbons (Fsp3) is 1.00. The van der Waals surface area contributed by atoms with E-state index in [0.717, 1.165) is 0 Å². The summed E-state index contributed by atoms with van der Waals surface area (Å²) in [4.78, 5) is 0. The molecule has 4 atom stereocenters. The normalized spacial score (nSPS) is 18.7. The van der Waals surface area contributed by atoms with Gasteiger partial charge < -0.3 is 24.4 Å². The molecule has 0 bridgehead atoms. The molecule has 0 saturated heterocycles. The number of ether oxygens (including phenoxy) is 3. The molecule has 0 aromatic rings. The quantitative estimate of drug-likeness (QED) is 0.593. The van der Waals surface area contributed by atoms with Gasteiger partial charge in [-0.3, -0.25) is 0 Å². The van der Waals surface area contributed by atoms with Gasteiger partial charge in [0, 0.05) is 0 Å². The van der Waals surface area contributed by atoms with Crippen LogP contribution in [0.1, 0.15) is 27.7 Å². The molecule has 0 unspecified atom stereocenters. The lowest BCUT2D eigenvalue weighted by atomic mass is 10.3. The van der Waals surface area contributed by atoms with E-state index in [9.17, 15) is 0 Å². The molecule has 5 nitrogen and oxygen atoms in total. The number of rotatable bonds is 10. The van der Waals surface area contributed by atoms with Crippen LogP contribution in [0.5, 0.6) is 0 Å². The van der Waals surface area contributed by atoms with Gasteiger partial charge in [-0.1, -0.05) is 0 Å². The summed E-state index contributed by atoms with van der Waals surface area (Å²) in [6, 6.07) is 0. The van der Waals surface area contributed by atoms with E-state index in [-0.39, 0.29) is 24.9 Å². The Morgan fingerprint density at radius 2 is 1.18 bits per heavy atom. The third kappa shape index (κ3) is 10.7. The Kier molecular flexibility index (Phi) is 9.68. The van der Waals surface area contributed by atoms with E-state index in [1.807, 2.05) is 13.8 Å². The first-order chi connectivity index (χ1) is 7.95. The molecule has 0 aromatic heterocycles. The van der Waals surface area contributed by atoms with Gasteiger partial charge in [-0.2, -0.15) is 0 Å². The van der Waals surface area contributed by atoms with E-state index < -0.39 is 6.10 Å². The molecule has 0 spiro atoms. The molecule has 17 heavy (non-hydrogen) atoms. The lowest BCUT2D eigenvalue weighted by Gasteiger charge is -2.19. The lowest BCUT2D eigenvalue weighted by Crippen LogP contribution is -2.27. The van der Waals surface area contributed by atoms with Gasteiger partial charge in [0.15, 0.2) is 0 Å². The fourth-order valence-corrected chi connectivity index (χ4v) is 1.05. The van der Waals surface area contributed by atoms with Crippen LogP contribution in [0.25, 0.3) is 0 Å². The first-order valence-electron chi connectivity index (χ1n) is 6.09. The van der Waals surface area contributed by atoms with Crippen molar-refractivity contribution < 1.29 is 24.4 Å². The molecule has 0 aromatic carbocycles. The zero-order chi connectivity index (χ0) is 13.3. The standard InChI is InChI=1S/C12H26O5/c1-9(14)6-15-11(3)8-17-12(4)7-16-10(2)5-13/h9-14H,5-8H2,1-4H3/t9-,10-,11-,12+/m0/s1. The molecule has 5 heteroatoms. The van der Waals surface area contributed by atoms with Gasteiger partial charge in [-0.15, -0.1) is 0 Å². The molecule has 0 fully saturated rings. The Labute approximate surface area is 104 Å². The van der Waals surface area contributed by atoms with E-state index in [2.05, 4.69) is 0 Å². The van der Waals surface area contributed by atoms with Crippen molar-refractivity contribution in [1.29, 1.82) is 0 Å². The Morgan fingerprint density at radius 3 is 1.59 bits per heavy atom.